The molecule has 1 heterocycles. The predicted molar refractivity (Wildman–Crippen MR) is 52.7 cm³/mol. The first-order valence-electron chi connectivity index (χ1n) is 4.44. The van der Waals surface area contributed by atoms with Gasteiger partial charge >= 0.3 is 0 Å². The first kappa shape index (κ1) is 9.65. The van der Waals surface area contributed by atoms with Crippen molar-refractivity contribution in [3.63, 3.8) is 0 Å². The second-order valence-electron chi connectivity index (χ2n) is 3.37. The molecule has 4 heteroatoms. The Morgan fingerprint density at radius 2 is 2.00 bits per heavy atom. The molecule has 2 aliphatic rings. The van der Waals surface area contributed by atoms with E-state index in [1.54, 1.807) is 0 Å². The molecule has 2 N–H and O–H groups in total. The van der Waals surface area contributed by atoms with Crippen LogP contribution in [0.15, 0.2) is 4.99 Å². The number of nitrogens with zero attached hydrogens (tertiary/aromatic N) is 2. The van der Waals surface area contributed by atoms with E-state index in [9.17, 15) is 0 Å². The highest BCUT2D eigenvalue weighted by Gasteiger charge is 2.25. The molecule has 0 bridgehead atoms. The Morgan fingerprint density at radius 1 is 1.33 bits per heavy atom. The van der Waals surface area contributed by atoms with Crippen LogP contribution in [0.25, 0.3) is 0 Å². The lowest BCUT2D eigenvalue weighted by molar-refractivity contribution is 0.338. The number of nitrogens with two attached hydrogens (primary N) is 1. The van der Waals surface area contributed by atoms with E-state index >= 15 is 0 Å². The van der Waals surface area contributed by atoms with Crippen LogP contribution in [0.2, 0.25) is 0 Å². The summed E-state index contributed by atoms with van der Waals surface area (Å²) in [5.41, 5.74) is 5.73. The minimum atomic E-state index is 0. The van der Waals surface area contributed by atoms with Gasteiger partial charge in [0.15, 0.2) is 5.96 Å². The second kappa shape index (κ2) is 3.99. The minimum absolute atomic E-state index is 0. The zero-order valence-electron chi connectivity index (χ0n) is 7.20. The third kappa shape index (κ3) is 1.66. The molecular formula is C8H16ClN3. The van der Waals surface area contributed by atoms with Crippen molar-refractivity contribution in [3.05, 3.63) is 0 Å². The Kier molecular flexibility index (Phi) is 3.20. The largest absolute Gasteiger partial charge is 0.370 e. The van der Waals surface area contributed by atoms with Crippen molar-refractivity contribution in [2.45, 2.75) is 31.7 Å². The maximum atomic E-state index is 5.73. The molecule has 1 fully saturated rings. The van der Waals surface area contributed by atoms with Crippen molar-refractivity contribution >= 4 is 18.4 Å². The second-order valence-corrected chi connectivity index (χ2v) is 3.37. The Labute approximate surface area is 79.4 Å². The quantitative estimate of drug-likeness (QED) is 0.668. The van der Waals surface area contributed by atoms with Gasteiger partial charge in [-0.25, -0.2) is 0 Å². The van der Waals surface area contributed by atoms with E-state index in [1.807, 2.05) is 0 Å². The van der Waals surface area contributed by atoms with Crippen LogP contribution in [-0.2, 0) is 0 Å². The van der Waals surface area contributed by atoms with Gasteiger partial charge in [0, 0.05) is 12.6 Å². The number of aliphatic imine (C=N–C) groups is 1. The lowest BCUT2D eigenvalue weighted by Gasteiger charge is -2.24. The van der Waals surface area contributed by atoms with Crippen molar-refractivity contribution in [1.82, 2.24) is 4.90 Å². The van der Waals surface area contributed by atoms with Crippen LogP contribution in [0.3, 0.4) is 0 Å². The fourth-order valence-corrected chi connectivity index (χ4v) is 2.06. The molecule has 1 saturated carbocycles. The van der Waals surface area contributed by atoms with Gasteiger partial charge in [0.05, 0.1) is 6.54 Å². The van der Waals surface area contributed by atoms with Crippen LogP contribution in [0.1, 0.15) is 25.7 Å². The summed E-state index contributed by atoms with van der Waals surface area (Å²) in [4.78, 5) is 6.45. The molecule has 0 unspecified atom stereocenters. The van der Waals surface area contributed by atoms with Crippen molar-refractivity contribution < 1.29 is 0 Å². The van der Waals surface area contributed by atoms with Gasteiger partial charge in [-0.2, -0.15) is 0 Å². The van der Waals surface area contributed by atoms with Crippen molar-refractivity contribution in [1.29, 1.82) is 0 Å². The van der Waals surface area contributed by atoms with Crippen molar-refractivity contribution in [2.75, 3.05) is 13.1 Å². The highest BCUT2D eigenvalue weighted by atomic mass is 35.5. The molecule has 0 atom stereocenters. The van der Waals surface area contributed by atoms with Gasteiger partial charge < -0.3 is 10.6 Å². The molecular weight excluding hydrogens is 174 g/mol. The zero-order valence-corrected chi connectivity index (χ0v) is 8.02. The van der Waals surface area contributed by atoms with Gasteiger partial charge in [-0.05, 0) is 12.8 Å². The predicted octanol–water partition coefficient (Wildman–Crippen LogP) is 0.981. The molecule has 0 aromatic carbocycles. The standard InChI is InChI=1S/C8H15N3.ClH/c9-8-10-5-6-11(8)7-3-1-2-4-7;/h7H,1-6H2,(H2,9,10);1H. The molecule has 0 radical (unpaired) electrons. The average Bonchev–Trinajstić information content (AvgIpc) is 2.55. The summed E-state index contributed by atoms with van der Waals surface area (Å²) in [5.74, 6) is 0.775. The summed E-state index contributed by atoms with van der Waals surface area (Å²) in [6.07, 6.45) is 5.37. The van der Waals surface area contributed by atoms with E-state index in [0.717, 1.165) is 19.0 Å². The number of halogens is 1. The molecule has 12 heavy (non-hydrogen) atoms. The normalized spacial score (nSPS) is 24.0. The maximum absolute atomic E-state index is 5.73. The van der Waals surface area contributed by atoms with Crippen LogP contribution < -0.4 is 5.73 Å². The monoisotopic (exact) mass is 189 g/mol. The maximum Gasteiger partial charge on any atom is 0.191 e. The van der Waals surface area contributed by atoms with Crippen LogP contribution in [0.4, 0.5) is 0 Å². The highest BCUT2D eigenvalue weighted by molar-refractivity contribution is 5.85. The number of guanidine groups is 1. The minimum Gasteiger partial charge on any atom is -0.370 e. The lowest BCUT2D eigenvalue weighted by atomic mass is 10.2. The lowest BCUT2D eigenvalue weighted by Crippen LogP contribution is -2.40. The fraction of sp³-hybridized carbons (Fsp3) is 0.875. The highest BCUT2D eigenvalue weighted by Crippen LogP contribution is 2.24. The van der Waals surface area contributed by atoms with Crippen LogP contribution in [0.5, 0.6) is 0 Å². The molecule has 0 saturated heterocycles. The van der Waals surface area contributed by atoms with E-state index in [4.69, 9.17) is 5.73 Å². The van der Waals surface area contributed by atoms with Gasteiger partial charge in [0.2, 0.25) is 0 Å². The zero-order chi connectivity index (χ0) is 7.68. The molecule has 2 rings (SSSR count). The van der Waals surface area contributed by atoms with E-state index in [2.05, 4.69) is 9.89 Å². The van der Waals surface area contributed by atoms with Crippen molar-refractivity contribution in [3.8, 4) is 0 Å². The van der Waals surface area contributed by atoms with E-state index in [0.29, 0.717) is 6.04 Å². The third-order valence-electron chi connectivity index (χ3n) is 2.67. The fourth-order valence-electron chi connectivity index (χ4n) is 2.06. The van der Waals surface area contributed by atoms with Crippen LogP contribution in [-0.4, -0.2) is 30.0 Å². The third-order valence-corrected chi connectivity index (χ3v) is 2.67. The Hall–Kier alpha value is -0.440. The first-order chi connectivity index (χ1) is 5.38. The van der Waals surface area contributed by atoms with E-state index in [-0.39, 0.29) is 12.4 Å². The van der Waals surface area contributed by atoms with Gasteiger partial charge in [0.1, 0.15) is 0 Å². The molecule has 1 aliphatic carbocycles. The molecule has 0 spiro atoms. The smallest absolute Gasteiger partial charge is 0.191 e. The summed E-state index contributed by atoms with van der Waals surface area (Å²) in [6.45, 7) is 1.96. The number of hydrogen-bond acceptors (Lipinski definition) is 3. The molecule has 3 nitrogen and oxygen atoms in total. The number of hydrogen-bond donors (Lipinski definition) is 1. The van der Waals surface area contributed by atoms with Gasteiger partial charge in [-0.15, -0.1) is 12.4 Å². The topological polar surface area (TPSA) is 41.6 Å². The summed E-state index contributed by atoms with van der Waals surface area (Å²) in [7, 11) is 0. The summed E-state index contributed by atoms with van der Waals surface area (Å²) < 4.78 is 0. The van der Waals surface area contributed by atoms with E-state index < -0.39 is 0 Å². The molecule has 0 aromatic heterocycles. The van der Waals surface area contributed by atoms with Crippen LogP contribution >= 0.6 is 12.4 Å². The summed E-state index contributed by atoms with van der Waals surface area (Å²) >= 11 is 0. The molecule has 1 aliphatic heterocycles. The summed E-state index contributed by atoms with van der Waals surface area (Å²) in [5, 5.41) is 0. The van der Waals surface area contributed by atoms with Gasteiger partial charge in [-0.1, -0.05) is 12.8 Å². The average molecular weight is 190 g/mol. The van der Waals surface area contributed by atoms with Gasteiger partial charge in [-0.3, -0.25) is 4.99 Å². The number of rotatable bonds is 1. The SMILES string of the molecule is Cl.NC1=NCCN1C1CCCC1. The Balaban J connectivity index is 0.000000720. The van der Waals surface area contributed by atoms with Crippen LogP contribution in [0, 0.1) is 0 Å². The first-order valence-corrected chi connectivity index (χ1v) is 4.44. The van der Waals surface area contributed by atoms with Gasteiger partial charge in [0.25, 0.3) is 0 Å². The Morgan fingerprint density at radius 3 is 2.50 bits per heavy atom. The molecule has 0 aromatic rings. The summed E-state index contributed by atoms with van der Waals surface area (Å²) in [6, 6.07) is 0.709. The molecule has 0 amide bonds. The van der Waals surface area contributed by atoms with Crippen molar-refractivity contribution in [2.24, 2.45) is 10.7 Å². The van der Waals surface area contributed by atoms with E-state index in [1.165, 1.54) is 25.7 Å². The molecule has 70 valence electrons. The Bertz CT molecular complexity index is 175.